The lowest BCUT2D eigenvalue weighted by Crippen LogP contribution is -2.42. The van der Waals surface area contributed by atoms with Gasteiger partial charge >= 0.3 is 0 Å². The zero-order valence-corrected chi connectivity index (χ0v) is 16.0. The molecule has 0 bridgehead atoms. The number of aliphatic hydroxyl groups is 1. The molecule has 2 N–H and O–H groups in total. The van der Waals surface area contributed by atoms with E-state index in [-0.39, 0.29) is 18.4 Å². The zero-order valence-electron chi connectivity index (χ0n) is 15.1. The number of aliphatic hydroxyl groups excluding tert-OH is 1. The minimum absolute atomic E-state index is 0.0628. The van der Waals surface area contributed by atoms with Crippen LogP contribution in [0.3, 0.4) is 0 Å². The van der Waals surface area contributed by atoms with Crippen molar-refractivity contribution in [2.75, 3.05) is 32.8 Å². The summed E-state index contributed by atoms with van der Waals surface area (Å²) in [4.78, 5) is 15.7. The molecule has 1 fully saturated rings. The highest BCUT2D eigenvalue weighted by atomic mass is 32.1. The largest absolute Gasteiger partial charge is 0.396 e. The van der Waals surface area contributed by atoms with E-state index < -0.39 is 0 Å². The molecule has 1 aliphatic heterocycles. The summed E-state index contributed by atoms with van der Waals surface area (Å²) in [7, 11) is 0. The Bertz CT molecular complexity index is 652. The SMILES string of the molecule is O=C(CN1CCC(c2ccccc2)CC1)NCC(CO)Cc1cccs1. The average Bonchev–Trinajstić information content (AvgIpc) is 3.19. The first-order valence-electron chi connectivity index (χ1n) is 9.42. The van der Waals surface area contributed by atoms with Gasteiger partial charge in [-0.1, -0.05) is 36.4 Å². The van der Waals surface area contributed by atoms with Gasteiger partial charge in [0.05, 0.1) is 6.54 Å². The fourth-order valence-corrected chi connectivity index (χ4v) is 4.40. The third-order valence-corrected chi connectivity index (χ3v) is 6.04. The molecule has 1 atom stereocenters. The van der Waals surface area contributed by atoms with Crippen molar-refractivity contribution in [3.63, 3.8) is 0 Å². The Balaban J connectivity index is 1.37. The molecular formula is C21H28N2O2S. The monoisotopic (exact) mass is 372 g/mol. The summed E-state index contributed by atoms with van der Waals surface area (Å²) in [6.45, 7) is 3.02. The van der Waals surface area contributed by atoms with Crippen molar-refractivity contribution in [2.24, 2.45) is 5.92 Å². The van der Waals surface area contributed by atoms with Crippen LogP contribution in [-0.4, -0.2) is 48.7 Å². The lowest BCUT2D eigenvalue weighted by Gasteiger charge is -2.31. The van der Waals surface area contributed by atoms with E-state index in [1.807, 2.05) is 11.4 Å². The minimum Gasteiger partial charge on any atom is -0.396 e. The number of nitrogens with one attached hydrogen (secondary N) is 1. The van der Waals surface area contributed by atoms with Gasteiger partial charge in [-0.05, 0) is 55.3 Å². The van der Waals surface area contributed by atoms with E-state index in [0.29, 0.717) is 19.0 Å². The van der Waals surface area contributed by atoms with Crippen LogP contribution in [0.4, 0.5) is 0 Å². The first-order chi connectivity index (χ1) is 12.7. The fourth-order valence-electron chi connectivity index (χ4n) is 3.58. The molecule has 0 radical (unpaired) electrons. The van der Waals surface area contributed by atoms with Crippen LogP contribution < -0.4 is 5.32 Å². The predicted molar refractivity (Wildman–Crippen MR) is 106 cm³/mol. The van der Waals surface area contributed by atoms with Gasteiger partial charge < -0.3 is 10.4 Å². The molecule has 0 spiro atoms. The zero-order chi connectivity index (χ0) is 18.2. The molecule has 3 rings (SSSR count). The summed E-state index contributed by atoms with van der Waals surface area (Å²) in [6, 6.07) is 14.8. The minimum atomic E-state index is 0.0628. The van der Waals surface area contributed by atoms with E-state index in [0.717, 1.165) is 32.4 Å². The highest BCUT2D eigenvalue weighted by molar-refractivity contribution is 7.09. The number of piperidine rings is 1. The number of carbonyl (C=O) groups excluding carboxylic acids is 1. The molecule has 1 aliphatic rings. The first kappa shape index (κ1) is 19.1. The number of rotatable bonds is 8. The molecule has 1 amide bonds. The third kappa shape index (κ3) is 5.66. The molecule has 1 unspecified atom stereocenters. The number of carbonyl (C=O) groups is 1. The smallest absolute Gasteiger partial charge is 0.234 e. The maximum absolute atomic E-state index is 12.3. The molecule has 2 heterocycles. The van der Waals surface area contributed by atoms with E-state index >= 15 is 0 Å². The van der Waals surface area contributed by atoms with Gasteiger partial charge in [0.1, 0.15) is 0 Å². The van der Waals surface area contributed by atoms with Crippen molar-refractivity contribution < 1.29 is 9.90 Å². The van der Waals surface area contributed by atoms with Gasteiger partial charge in [-0.25, -0.2) is 0 Å². The van der Waals surface area contributed by atoms with Crippen LogP contribution in [0.1, 0.15) is 29.2 Å². The van der Waals surface area contributed by atoms with Crippen molar-refractivity contribution in [3.8, 4) is 0 Å². The van der Waals surface area contributed by atoms with E-state index in [1.165, 1.54) is 10.4 Å². The molecule has 1 aromatic carbocycles. The average molecular weight is 373 g/mol. The number of hydrogen-bond acceptors (Lipinski definition) is 4. The second-order valence-electron chi connectivity index (χ2n) is 7.10. The van der Waals surface area contributed by atoms with Crippen LogP contribution >= 0.6 is 11.3 Å². The fraction of sp³-hybridized carbons (Fsp3) is 0.476. The predicted octanol–water partition coefficient (Wildman–Crippen LogP) is 2.89. The number of thiophene rings is 1. The molecule has 5 heteroatoms. The summed E-state index contributed by atoms with van der Waals surface area (Å²) >= 11 is 1.70. The van der Waals surface area contributed by atoms with E-state index in [2.05, 4.69) is 46.6 Å². The normalized spacial score (nSPS) is 17.1. The summed E-state index contributed by atoms with van der Waals surface area (Å²) < 4.78 is 0. The molecule has 140 valence electrons. The first-order valence-corrected chi connectivity index (χ1v) is 10.3. The molecule has 1 saturated heterocycles. The van der Waals surface area contributed by atoms with E-state index in [1.54, 1.807) is 11.3 Å². The molecular weight excluding hydrogens is 344 g/mol. The summed E-state index contributed by atoms with van der Waals surface area (Å²) in [5.41, 5.74) is 1.41. The van der Waals surface area contributed by atoms with Crippen molar-refractivity contribution in [3.05, 3.63) is 58.3 Å². The Morgan fingerprint density at radius 3 is 2.62 bits per heavy atom. The third-order valence-electron chi connectivity index (χ3n) is 5.14. The topological polar surface area (TPSA) is 52.6 Å². The second-order valence-corrected chi connectivity index (χ2v) is 8.13. The highest BCUT2D eigenvalue weighted by Gasteiger charge is 2.22. The number of hydrogen-bond donors (Lipinski definition) is 2. The Hall–Kier alpha value is -1.69. The lowest BCUT2D eigenvalue weighted by atomic mass is 9.89. The van der Waals surface area contributed by atoms with Gasteiger partial charge in [-0.2, -0.15) is 0 Å². The molecule has 2 aromatic rings. The maximum Gasteiger partial charge on any atom is 0.234 e. The van der Waals surface area contributed by atoms with Crippen molar-refractivity contribution >= 4 is 17.2 Å². The molecule has 26 heavy (non-hydrogen) atoms. The van der Waals surface area contributed by atoms with Crippen molar-refractivity contribution in [2.45, 2.75) is 25.2 Å². The molecule has 0 saturated carbocycles. The number of nitrogens with zero attached hydrogens (tertiary/aromatic N) is 1. The van der Waals surface area contributed by atoms with Gasteiger partial charge in [-0.15, -0.1) is 11.3 Å². The van der Waals surface area contributed by atoms with Gasteiger partial charge in [0.15, 0.2) is 0 Å². The van der Waals surface area contributed by atoms with Crippen LogP contribution in [0.5, 0.6) is 0 Å². The second kappa shape index (κ2) is 9.86. The Labute approximate surface area is 159 Å². The van der Waals surface area contributed by atoms with Gasteiger partial charge in [0.25, 0.3) is 0 Å². The molecule has 1 aromatic heterocycles. The summed E-state index contributed by atoms with van der Waals surface area (Å²) in [6.07, 6.45) is 3.03. The van der Waals surface area contributed by atoms with Crippen LogP contribution in [-0.2, 0) is 11.2 Å². The molecule has 0 aliphatic carbocycles. The van der Waals surface area contributed by atoms with Gasteiger partial charge in [0.2, 0.25) is 5.91 Å². The lowest BCUT2D eigenvalue weighted by molar-refractivity contribution is -0.122. The Morgan fingerprint density at radius 2 is 1.96 bits per heavy atom. The Morgan fingerprint density at radius 1 is 1.19 bits per heavy atom. The summed E-state index contributed by atoms with van der Waals surface area (Å²) in [5.74, 6) is 0.759. The number of likely N-dealkylation sites (tertiary alicyclic amines) is 1. The quantitative estimate of drug-likeness (QED) is 0.749. The van der Waals surface area contributed by atoms with Crippen LogP contribution in [0.25, 0.3) is 0 Å². The Kier molecular flexibility index (Phi) is 7.23. The van der Waals surface area contributed by atoms with E-state index in [4.69, 9.17) is 0 Å². The number of benzene rings is 1. The van der Waals surface area contributed by atoms with Crippen LogP contribution in [0, 0.1) is 5.92 Å². The van der Waals surface area contributed by atoms with Crippen molar-refractivity contribution in [1.29, 1.82) is 0 Å². The van der Waals surface area contributed by atoms with E-state index in [9.17, 15) is 9.90 Å². The van der Waals surface area contributed by atoms with Crippen LogP contribution in [0.2, 0.25) is 0 Å². The number of amides is 1. The van der Waals surface area contributed by atoms with Gasteiger partial charge in [0, 0.05) is 23.9 Å². The van der Waals surface area contributed by atoms with Crippen molar-refractivity contribution in [1.82, 2.24) is 10.2 Å². The highest BCUT2D eigenvalue weighted by Crippen LogP contribution is 2.27. The summed E-state index contributed by atoms with van der Waals surface area (Å²) in [5, 5.41) is 14.6. The molecule has 4 nitrogen and oxygen atoms in total. The standard InChI is InChI=1S/C21H28N2O2S/c24-16-17(13-20-7-4-12-26-20)14-22-21(25)15-23-10-8-19(9-11-23)18-5-2-1-3-6-18/h1-7,12,17,19,24H,8-11,13-16H2,(H,22,25). The maximum atomic E-state index is 12.3. The van der Waals surface area contributed by atoms with Gasteiger partial charge in [-0.3, -0.25) is 9.69 Å². The van der Waals surface area contributed by atoms with Crippen LogP contribution in [0.15, 0.2) is 47.8 Å².